The summed E-state index contributed by atoms with van der Waals surface area (Å²) in [6, 6.07) is 3.87. The van der Waals surface area contributed by atoms with Crippen molar-refractivity contribution in [3.05, 3.63) is 29.0 Å². The molecule has 7 heteroatoms. The zero-order valence-corrected chi connectivity index (χ0v) is 12.2. The van der Waals surface area contributed by atoms with E-state index in [4.69, 9.17) is 16.3 Å². The fourth-order valence-electron chi connectivity index (χ4n) is 1.25. The summed E-state index contributed by atoms with van der Waals surface area (Å²) in [6.07, 6.45) is -0.699. The zero-order valence-electron chi connectivity index (χ0n) is 11.4. The van der Waals surface area contributed by atoms with Crippen LogP contribution in [0.3, 0.4) is 0 Å². The molecule has 0 aromatic heterocycles. The van der Waals surface area contributed by atoms with E-state index in [9.17, 15) is 14.0 Å². The van der Waals surface area contributed by atoms with Crippen LogP contribution in [0, 0.1) is 5.82 Å². The number of alkyl carbamates (subject to hydrolysis) is 1. The van der Waals surface area contributed by atoms with Crippen molar-refractivity contribution in [2.75, 3.05) is 11.9 Å². The lowest BCUT2D eigenvalue weighted by Crippen LogP contribution is -2.37. The van der Waals surface area contributed by atoms with E-state index < -0.39 is 23.4 Å². The number of benzene rings is 1. The van der Waals surface area contributed by atoms with Gasteiger partial charge in [-0.15, -0.1) is 0 Å². The first kappa shape index (κ1) is 16.2. The van der Waals surface area contributed by atoms with Crippen LogP contribution >= 0.6 is 11.6 Å². The maximum atomic E-state index is 13.2. The molecule has 20 heavy (non-hydrogen) atoms. The lowest BCUT2D eigenvalue weighted by atomic mass is 10.2. The van der Waals surface area contributed by atoms with Crippen LogP contribution in [0.15, 0.2) is 18.2 Å². The molecule has 1 rings (SSSR count). The molecule has 5 nitrogen and oxygen atoms in total. The van der Waals surface area contributed by atoms with Gasteiger partial charge >= 0.3 is 6.09 Å². The first-order valence-corrected chi connectivity index (χ1v) is 6.27. The van der Waals surface area contributed by atoms with Crippen LogP contribution in [0.2, 0.25) is 5.02 Å². The number of carbonyl (C=O) groups excluding carboxylic acids is 2. The maximum absolute atomic E-state index is 13.2. The van der Waals surface area contributed by atoms with Gasteiger partial charge < -0.3 is 15.4 Å². The molecule has 1 aromatic carbocycles. The van der Waals surface area contributed by atoms with Gasteiger partial charge in [0, 0.05) is 5.69 Å². The lowest BCUT2D eigenvalue weighted by molar-refractivity contribution is -0.115. The monoisotopic (exact) mass is 302 g/mol. The van der Waals surface area contributed by atoms with Crippen LogP contribution in [-0.2, 0) is 9.53 Å². The second kappa shape index (κ2) is 6.56. The van der Waals surface area contributed by atoms with Gasteiger partial charge in [-0.25, -0.2) is 9.18 Å². The summed E-state index contributed by atoms with van der Waals surface area (Å²) >= 11 is 5.52. The van der Waals surface area contributed by atoms with Crippen LogP contribution in [0.25, 0.3) is 0 Å². The topological polar surface area (TPSA) is 67.4 Å². The number of anilines is 1. The van der Waals surface area contributed by atoms with Crippen molar-refractivity contribution in [3.8, 4) is 0 Å². The van der Waals surface area contributed by atoms with Gasteiger partial charge in [0.25, 0.3) is 0 Å². The predicted molar refractivity (Wildman–Crippen MR) is 74.3 cm³/mol. The second-order valence-electron chi connectivity index (χ2n) is 5.03. The average Bonchev–Trinajstić information content (AvgIpc) is 2.29. The molecule has 0 saturated heterocycles. The number of carbonyl (C=O) groups is 2. The summed E-state index contributed by atoms with van der Waals surface area (Å²) in [6.45, 7) is 4.86. The Balaban J connectivity index is 2.44. The molecular formula is C13H16ClFN2O3. The second-order valence-corrected chi connectivity index (χ2v) is 5.44. The third-order valence-electron chi connectivity index (χ3n) is 2.00. The highest BCUT2D eigenvalue weighted by Crippen LogP contribution is 2.18. The number of ether oxygens (including phenoxy) is 1. The number of nitrogens with one attached hydrogen (secondary N) is 2. The van der Waals surface area contributed by atoms with Gasteiger partial charge in [-0.2, -0.15) is 0 Å². The Bertz CT molecular complexity index is 515. The van der Waals surface area contributed by atoms with E-state index in [1.807, 2.05) is 0 Å². The predicted octanol–water partition coefficient (Wildman–Crippen LogP) is 2.94. The normalized spacial score (nSPS) is 10.8. The Hall–Kier alpha value is -1.82. The van der Waals surface area contributed by atoms with Gasteiger partial charge in [0.05, 0.1) is 5.02 Å². The molecule has 0 radical (unpaired) electrons. The third kappa shape index (κ3) is 5.88. The van der Waals surface area contributed by atoms with Crippen molar-refractivity contribution in [3.63, 3.8) is 0 Å². The van der Waals surface area contributed by atoms with E-state index in [1.54, 1.807) is 20.8 Å². The minimum atomic E-state index is -0.699. The largest absolute Gasteiger partial charge is 0.444 e. The Morgan fingerprint density at radius 2 is 2.00 bits per heavy atom. The van der Waals surface area contributed by atoms with E-state index in [0.29, 0.717) is 0 Å². The zero-order chi connectivity index (χ0) is 15.3. The standard InChI is InChI=1S/C13H16ClFN2O3/c1-13(2,3)20-12(19)16-7-11(18)17-8-4-5-9(14)10(15)6-8/h4-6H,7H2,1-3H3,(H,16,19)(H,17,18). The lowest BCUT2D eigenvalue weighted by Gasteiger charge is -2.19. The van der Waals surface area contributed by atoms with Crippen molar-refractivity contribution in [2.45, 2.75) is 26.4 Å². The van der Waals surface area contributed by atoms with Gasteiger partial charge in [-0.3, -0.25) is 4.79 Å². The molecule has 0 fully saturated rings. The van der Waals surface area contributed by atoms with E-state index >= 15 is 0 Å². The maximum Gasteiger partial charge on any atom is 0.408 e. The van der Waals surface area contributed by atoms with Crippen LogP contribution in [-0.4, -0.2) is 24.1 Å². The van der Waals surface area contributed by atoms with E-state index in [0.717, 1.165) is 6.07 Å². The van der Waals surface area contributed by atoms with Gasteiger partial charge in [0.15, 0.2) is 0 Å². The molecule has 0 heterocycles. The van der Waals surface area contributed by atoms with Crippen LogP contribution < -0.4 is 10.6 Å². The highest BCUT2D eigenvalue weighted by molar-refractivity contribution is 6.30. The number of hydrogen-bond acceptors (Lipinski definition) is 3. The molecule has 0 unspecified atom stereocenters. The summed E-state index contributed by atoms with van der Waals surface area (Å²) in [7, 11) is 0. The molecule has 1 aromatic rings. The van der Waals surface area contributed by atoms with Crippen LogP contribution in [0.1, 0.15) is 20.8 Å². The Morgan fingerprint density at radius 1 is 1.35 bits per heavy atom. The number of hydrogen-bond donors (Lipinski definition) is 2. The fraction of sp³-hybridized carbons (Fsp3) is 0.385. The van der Waals surface area contributed by atoms with Crippen molar-refractivity contribution in [1.29, 1.82) is 0 Å². The van der Waals surface area contributed by atoms with Crippen molar-refractivity contribution in [1.82, 2.24) is 5.32 Å². The fourth-order valence-corrected chi connectivity index (χ4v) is 1.36. The summed E-state index contributed by atoms with van der Waals surface area (Å²) in [4.78, 5) is 22.9. The highest BCUT2D eigenvalue weighted by atomic mass is 35.5. The van der Waals surface area contributed by atoms with Gasteiger partial charge in [-0.1, -0.05) is 11.6 Å². The minimum absolute atomic E-state index is 0.0325. The number of halogens is 2. The van der Waals surface area contributed by atoms with Crippen LogP contribution in [0.4, 0.5) is 14.9 Å². The third-order valence-corrected chi connectivity index (χ3v) is 2.30. The average molecular weight is 303 g/mol. The molecular weight excluding hydrogens is 287 g/mol. The quantitative estimate of drug-likeness (QED) is 0.902. The van der Waals surface area contributed by atoms with E-state index in [-0.39, 0.29) is 17.3 Å². The first-order chi connectivity index (χ1) is 9.17. The summed E-state index contributed by atoms with van der Waals surface area (Å²) in [5.41, 5.74) is -0.386. The number of rotatable bonds is 3. The Morgan fingerprint density at radius 3 is 2.55 bits per heavy atom. The highest BCUT2D eigenvalue weighted by Gasteiger charge is 2.16. The first-order valence-electron chi connectivity index (χ1n) is 5.89. The van der Waals surface area contributed by atoms with E-state index in [2.05, 4.69) is 10.6 Å². The Labute approximate surface area is 121 Å². The summed E-state index contributed by atoms with van der Waals surface area (Å²) < 4.78 is 18.1. The minimum Gasteiger partial charge on any atom is -0.444 e. The smallest absolute Gasteiger partial charge is 0.408 e. The SMILES string of the molecule is CC(C)(C)OC(=O)NCC(=O)Nc1ccc(Cl)c(F)c1. The molecule has 2 N–H and O–H groups in total. The number of amides is 2. The van der Waals surface area contributed by atoms with Crippen LogP contribution in [0.5, 0.6) is 0 Å². The molecule has 2 amide bonds. The van der Waals surface area contributed by atoms with E-state index in [1.165, 1.54) is 12.1 Å². The molecule has 0 aliphatic heterocycles. The molecule has 0 bridgehead atoms. The van der Waals surface area contributed by atoms with Gasteiger partial charge in [-0.05, 0) is 39.0 Å². The van der Waals surface area contributed by atoms with Crippen molar-refractivity contribution >= 4 is 29.3 Å². The molecule has 0 aliphatic rings. The molecule has 110 valence electrons. The van der Waals surface area contributed by atoms with Crippen molar-refractivity contribution < 1.29 is 18.7 Å². The summed E-state index contributed by atoms with van der Waals surface area (Å²) in [5, 5.41) is 4.68. The Kier molecular flexibility index (Phi) is 5.33. The molecule has 0 spiro atoms. The van der Waals surface area contributed by atoms with Gasteiger partial charge in [0.1, 0.15) is 18.0 Å². The van der Waals surface area contributed by atoms with Gasteiger partial charge in [0.2, 0.25) is 5.91 Å². The van der Waals surface area contributed by atoms with Crippen molar-refractivity contribution in [2.24, 2.45) is 0 Å². The molecule has 0 saturated carbocycles. The molecule has 0 atom stereocenters. The summed E-state index contributed by atoms with van der Waals surface area (Å²) in [5.74, 6) is -1.14. The molecule has 0 aliphatic carbocycles.